The predicted molar refractivity (Wildman–Crippen MR) is 77.0 cm³/mol. The monoisotopic (exact) mass is 278 g/mol. The first kappa shape index (κ1) is 14.8. The van der Waals surface area contributed by atoms with E-state index in [4.69, 9.17) is 4.74 Å². The van der Waals surface area contributed by atoms with Gasteiger partial charge in [0.15, 0.2) is 0 Å². The normalized spacial score (nSPS) is 22.4. The van der Waals surface area contributed by atoms with Gasteiger partial charge in [-0.3, -0.25) is 4.79 Å². The molecule has 1 atom stereocenters. The molecule has 1 amide bonds. The van der Waals surface area contributed by atoms with Gasteiger partial charge in [0.05, 0.1) is 24.8 Å². The quantitative estimate of drug-likeness (QED) is 0.886. The molecule has 0 bridgehead atoms. The van der Waals surface area contributed by atoms with Crippen molar-refractivity contribution in [1.29, 1.82) is 0 Å². The predicted octanol–water partition coefficient (Wildman–Crippen LogP) is 0.834. The molecular formula is C15H22N2O3. The number of likely N-dealkylation sites (N-methyl/N-ethyl adjacent to an activating group) is 1. The van der Waals surface area contributed by atoms with Gasteiger partial charge in [-0.25, -0.2) is 0 Å². The maximum Gasteiger partial charge on any atom is 0.257 e. The van der Waals surface area contributed by atoms with E-state index in [9.17, 15) is 9.90 Å². The van der Waals surface area contributed by atoms with Gasteiger partial charge in [-0.2, -0.15) is 0 Å². The number of likely N-dealkylation sites (tertiary alicyclic amines) is 1. The molecule has 110 valence electrons. The highest BCUT2D eigenvalue weighted by Crippen LogP contribution is 2.26. The number of rotatable bonds is 4. The molecule has 0 saturated carbocycles. The van der Waals surface area contributed by atoms with Crippen LogP contribution >= 0.6 is 0 Å². The van der Waals surface area contributed by atoms with E-state index in [1.54, 1.807) is 24.1 Å². The number of ether oxygens (including phenoxy) is 1. The van der Waals surface area contributed by atoms with Gasteiger partial charge in [-0.1, -0.05) is 12.1 Å². The van der Waals surface area contributed by atoms with Crippen LogP contribution in [-0.4, -0.2) is 67.3 Å². The SMILES string of the molecule is COc1ccccc1C(=O)N1CCC(O)(CN(C)C)C1. The second-order valence-corrected chi connectivity index (χ2v) is 5.64. The van der Waals surface area contributed by atoms with Crippen LogP contribution in [0.2, 0.25) is 0 Å². The number of methoxy groups -OCH3 is 1. The fourth-order valence-corrected chi connectivity index (χ4v) is 2.74. The molecule has 0 spiro atoms. The maximum absolute atomic E-state index is 12.5. The van der Waals surface area contributed by atoms with E-state index in [-0.39, 0.29) is 5.91 Å². The summed E-state index contributed by atoms with van der Waals surface area (Å²) in [7, 11) is 5.39. The van der Waals surface area contributed by atoms with Crippen molar-refractivity contribution >= 4 is 5.91 Å². The molecule has 1 aromatic rings. The van der Waals surface area contributed by atoms with E-state index >= 15 is 0 Å². The highest BCUT2D eigenvalue weighted by atomic mass is 16.5. The van der Waals surface area contributed by atoms with Crippen LogP contribution in [0.3, 0.4) is 0 Å². The summed E-state index contributed by atoms with van der Waals surface area (Å²) in [5.41, 5.74) is -0.273. The largest absolute Gasteiger partial charge is 0.496 e. The zero-order chi connectivity index (χ0) is 14.8. The van der Waals surface area contributed by atoms with Crippen LogP contribution in [0, 0.1) is 0 Å². The molecule has 1 aliphatic rings. The molecule has 0 aliphatic carbocycles. The third-order valence-corrected chi connectivity index (χ3v) is 3.57. The first-order chi connectivity index (χ1) is 9.45. The summed E-state index contributed by atoms with van der Waals surface area (Å²) in [5.74, 6) is 0.484. The van der Waals surface area contributed by atoms with Crippen molar-refractivity contribution < 1.29 is 14.6 Å². The van der Waals surface area contributed by atoms with Crippen LogP contribution in [0.15, 0.2) is 24.3 Å². The van der Waals surface area contributed by atoms with Crippen LogP contribution in [0.25, 0.3) is 0 Å². The van der Waals surface area contributed by atoms with Gasteiger partial charge in [0.2, 0.25) is 0 Å². The van der Waals surface area contributed by atoms with Gasteiger partial charge in [0.25, 0.3) is 5.91 Å². The molecule has 1 aromatic carbocycles. The molecule has 1 saturated heterocycles. The second kappa shape index (κ2) is 5.81. The summed E-state index contributed by atoms with van der Waals surface area (Å²) in [5, 5.41) is 10.5. The summed E-state index contributed by atoms with van der Waals surface area (Å²) >= 11 is 0. The minimum Gasteiger partial charge on any atom is -0.496 e. The lowest BCUT2D eigenvalue weighted by atomic mass is 10.0. The van der Waals surface area contributed by atoms with Crippen molar-refractivity contribution in [2.45, 2.75) is 12.0 Å². The number of hydrogen-bond donors (Lipinski definition) is 1. The van der Waals surface area contributed by atoms with Crippen molar-refractivity contribution in [3.8, 4) is 5.75 Å². The Morgan fingerprint density at radius 3 is 2.80 bits per heavy atom. The smallest absolute Gasteiger partial charge is 0.257 e. The minimum atomic E-state index is -0.818. The zero-order valence-corrected chi connectivity index (χ0v) is 12.3. The van der Waals surface area contributed by atoms with Gasteiger partial charge < -0.3 is 19.6 Å². The van der Waals surface area contributed by atoms with Gasteiger partial charge in [0.1, 0.15) is 5.75 Å². The van der Waals surface area contributed by atoms with Gasteiger partial charge in [-0.15, -0.1) is 0 Å². The fourth-order valence-electron chi connectivity index (χ4n) is 2.74. The summed E-state index contributed by atoms with van der Waals surface area (Å²) < 4.78 is 5.22. The van der Waals surface area contributed by atoms with E-state index in [1.165, 1.54) is 0 Å². The van der Waals surface area contributed by atoms with E-state index in [0.29, 0.717) is 37.4 Å². The summed E-state index contributed by atoms with van der Waals surface area (Å²) in [4.78, 5) is 16.2. The highest BCUT2D eigenvalue weighted by molar-refractivity contribution is 5.97. The average Bonchev–Trinajstić information content (AvgIpc) is 2.79. The van der Waals surface area contributed by atoms with Crippen LogP contribution < -0.4 is 4.74 Å². The topological polar surface area (TPSA) is 53.0 Å². The zero-order valence-electron chi connectivity index (χ0n) is 12.3. The maximum atomic E-state index is 12.5. The lowest BCUT2D eigenvalue weighted by Gasteiger charge is -2.26. The van der Waals surface area contributed by atoms with Crippen molar-refractivity contribution in [3.63, 3.8) is 0 Å². The van der Waals surface area contributed by atoms with Crippen molar-refractivity contribution in [1.82, 2.24) is 9.80 Å². The standard InChI is InChI=1S/C15H22N2O3/c1-16(2)10-15(19)8-9-17(11-15)14(18)12-6-4-5-7-13(12)20-3/h4-7,19H,8-11H2,1-3H3. The van der Waals surface area contributed by atoms with Gasteiger partial charge >= 0.3 is 0 Å². The Morgan fingerprint density at radius 2 is 2.15 bits per heavy atom. The molecule has 1 fully saturated rings. The number of aliphatic hydroxyl groups is 1. The minimum absolute atomic E-state index is 0.0860. The number of nitrogens with zero attached hydrogens (tertiary/aromatic N) is 2. The Morgan fingerprint density at radius 1 is 1.45 bits per heavy atom. The van der Waals surface area contributed by atoms with Crippen LogP contribution in [0.5, 0.6) is 5.75 Å². The Balaban J connectivity index is 2.12. The molecule has 1 unspecified atom stereocenters. The number of hydrogen-bond acceptors (Lipinski definition) is 4. The lowest BCUT2D eigenvalue weighted by molar-refractivity contribution is 0.0235. The van der Waals surface area contributed by atoms with E-state index in [0.717, 1.165) is 0 Å². The molecule has 2 rings (SSSR count). The van der Waals surface area contributed by atoms with Crippen LogP contribution in [-0.2, 0) is 0 Å². The van der Waals surface area contributed by atoms with E-state index in [1.807, 2.05) is 31.1 Å². The first-order valence-corrected chi connectivity index (χ1v) is 6.74. The van der Waals surface area contributed by atoms with E-state index < -0.39 is 5.60 Å². The summed E-state index contributed by atoms with van der Waals surface area (Å²) in [6.07, 6.45) is 0.603. The van der Waals surface area contributed by atoms with Crippen LogP contribution in [0.4, 0.5) is 0 Å². The molecule has 20 heavy (non-hydrogen) atoms. The van der Waals surface area contributed by atoms with Crippen molar-refractivity contribution in [3.05, 3.63) is 29.8 Å². The number of para-hydroxylation sites is 1. The molecule has 1 aliphatic heterocycles. The number of carbonyl (C=O) groups excluding carboxylic acids is 1. The molecule has 1 heterocycles. The third-order valence-electron chi connectivity index (χ3n) is 3.57. The first-order valence-electron chi connectivity index (χ1n) is 6.74. The molecule has 1 N–H and O–H groups in total. The molecule has 5 nitrogen and oxygen atoms in total. The third kappa shape index (κ3) is 3.11. The Kier molecular flexibility index (Phi) is 4.30. The Bertz CT molecular complexity index is 490. The highest BCUT2D eigenvalue weighted by Gasteiger charge is 2.39. The average molecular weight is 278 g/mol. The number of carbonyl (C=O) groups is 1. The molecule has 0 aromatic heterocycles. The van der Waals surface area contributed by atoms with Gasteiger partial charge in [0, 0.05) is 13.1 Å². The van der Waals surface area contributed by atoms with Crippen LogP contribution in [0.1, 0.15) is 16.8 Å². The number of benzene rings is 1. The molecule has 0 radical (unpaired) electrons. The fraction of sp³-hybridized carbons (Fsp3) is 0.533. The second-order valence-electron chi connectivity index (χ2n) is 5.64. The Labute approximate surface area is 119 Å². The van der Waals surface area contributed by atoms with Crippen molar-refractivity contribution in [2.75, 3.05) is 40.8 Å². The Hall–Kier alpha value is -1.59. The number of β-amino-alcohol motifs (C(OH)–C–C–N with tert-alkyl or cyclic N) is 1. The summed E-state index contributed by atoms with van der Waals surface area (Å²) in [6, 6.07) is 7.18. The molecule has 5 heteroatoms. The number of amides is 1. The lowest BCUT2D eigenvalue weighted by Crippen LogP contribution is -2.43. The molecular weight excluding hydrogens is 256 g/mol. The summed E-state index contributed by atoms with van der Waals surface area (Å²) in [6.45, 7) is 1.49. The van der Waals surface area contributed by atoms with Crippen molar-refractivity contribution in [2.24, 2.45) is 0 Å². The van der Waals surface area contributed by atoms with Gasteiger partial charge in [-0.05, 0) is 32.6 Å². The van der Waals surface area contributed by atoms with E-state index in [2.05, 4.69) is 0 Å².